The van der Waals surface area contributed by atoms with Gasteiger partial charge in [0.1, 0.15) is 0 Å². The molecule has 0 spiro atoms. The quantitative estimate of drug-likeness (QED) is 0.475. The highest BCUT2D eigenvalue weighted by Crippen LogP contribution is 2.45. The number of hydrogen-bond donors (Lipinski definition) is 1. The van der Waals surface area contributed by atoms with Crippen LogP contribution >= 0.6 is 15.9 Å². The van der Waals surface area contributed by atoms with E-state index < -0.39 is 11.5 Å². The van der Waals surface area contributed by atoms with Crippen molar-refractivity contribution in [3.8, 4) is 0 Å². The normalized spacial score (nSPS) is 17.7. The van der Waals surface area contributed by atoms with Crippen LogP contribution < -0.4 is 4.90 Å². The number of fused-ring (bicyclic) bond motifs is 1. The third kappa shape index (κ3) is 4.00. The number of halogens is 1. The smallest absolute Gasteiger partial charge is 0.264 e. The fourth-order valence-corrected chi connectivity index (χ4v) is 4.46. The van der Waals surface area contributed by atoms with Crippen molar-refractivity contribution >= 4 is 33.3 Å². The van der Waals surface area contributed by atoms with Gasteiger partial charge in [0, 0.05) is 28.0 Å². The molecule has 0 aliphatic carbocycles. The van der Waals surface area contributed by atoms with Gasteiger partial charge in [-0.05, 0) is 59.9 Å². The van der Waals surface area contributed by atoms with E-state index in [0.29, 0.717) is 29.3 Å². The summed E-state index contributed by atoms with van der Waals surface area (Å²) in [5, 5.41) is 11.6. The van der Waals surface area contributed by atoms with Crippen LogP contribution in [0.5, 0.6) is 0 Å². The minimum Gasteiger partial charge on any atom is -0.375 e. The van der Waals surface area contributed by atoms with Gasteiger partial charge in [-0.1, -0.05) is 48.0 Å². The predicted molar refractivity (Wildman–Crippen MR) is 128 cm³/mol. The second kappa shape index (κ2) is 8.60. The Balaban J connectivity index is 1.73. The van der Waals surface area contributed by atoms with E-state index in [0.717, 1.165) is 15.6 Å². The second-order valence-corrected chi connectivity index (χ2v) is 9.51. The number of carbonyl (C=O) groups excluding carboxylic acids is 2. The largest absolute Gasteiger partial charge is 0.375 e. The first-order valence-electron chi connectivity index (χ1n) is 10.6. The molecule has 1 aliphatic heterocycles. The Morgan fingerprint density at radius 2 is 1.97 bits per heavy atom. The van der Waals surface area contributed by atoms with Crippen LogP contribution in [0, 0.1) is 6.92 Å². The van der Waals surface area contributed by atoms with Gasteiger partial charge in [0.15, 0.2) is 11.4 Å². The maximum absolute atomic E-state index is 13.6. The van der Waals surface area contributed by atoms with Gasteiger partial charge in [-0.15, -0.1) is 0 Å². The number of aryl methyl sites for hydroxylation is 1. The number of benzene rings is 2. The lowest BCUT2D eigenvalue weighted by Gasteiger charge is -2.23. The molecular weight excluding hydrogens is 468 g/mol. The molecule has 164 valence electrons. The Kier molecular flexibility index (Phi) is 6.01. The Labute approximate surface area is 196 Å². The van der Waals surface area contributed by atoms with Gasteiger partial charge in [-0.2, -0.15) is 0 Å². The first-order valence-corrected chi connectivity index (χ1v) is 11.4. The van der Waals surface area contributed by atoms with Crippen molar-refractivity contribution in [3.05, 3.63) is 93.2 Å². The van der Waals surface area contributed by atoms with Gasteiger partial charge in [-0.3, -0.25) is 14.6 Å². The van der Waals surface area contributed by atoms with Crippen molar-refractivity contribution in [2.24, 2.45) is 0 Å². The van der Waals surface area contributed by atoms with Crippen LogP contribution in [0.15, 0.2) is 65.4 Å². The highest BCUT2D eigenvalue weighted by atomic mass is 79.9. The van der Waals surface area contributed by atoms with E-state index >= 15 is 0 Å². The van der Waals surface area contributed by atoms with E-state index in [-0.39, 0.29) is 12.2 Å². The standard InChI is InChI=1S/C26H25BrN2O3/c1-16(2)18-7-6-17(3)20(11-18)15-29-23-9-8-21(27)12-22(23)26(32,25(29)31)13-24(30)19-5-4-10-28-14-19/h4-12,14,16,32H,13,15H2,1-3H3/t26-/m1/s1. The Morgan fingerprint density at radius 1 is 1.19 bits per heavy atom. The molecule has 0 radical (unpaired) electrons. The molecule has 0 saturated carbocycles. The van der Waals surface area contributed by atoms with Gasteiger partial charge < -0.3 is 10.0 Å². The maximum atomic E-state index is 13.6. The van der Waals surface area contributed by atoms with Crippen LogP contribution in [0.25, 0.3) is 0 Å². The molecule has 0 saturated heterocycles. The summed E-state index contributed by atoms with van der Waals surface area (Å²) in [5.41, 5.74) is 2.76. The molecule has 1 amide bonds. The van der Waals surface area contributed by atoms with Crippen LogP contribution in [-0.2, 0) is 16.9 Å². The molecular formula is C26H25BrN2O3. The zero-order valence-electron chi connectivity index (χ0n) is 18.3. The number of ketones is 1. The van der Waals surface area contributed by atoms with Gasteiger partial charge >= 0.3 is 0 Å². The monoisotopic (exact) mass is 492 g/mol. The van der Waals surface area contributed by atoms with Crippen molar-refractivity contribution in [1.82, 2.24) is 4.98 Å². The fraction of sp³-hybridized carbons (Fsp3) is 0.269. The summed E-state index contributed by atoms with van der Waals surface area (Å²) in [7, 11) is 0. The minimum atomic E-state index is -1.93. The number of nitrogens with zero attached hydrogens (tertiary/aromatic N) is 2. The molecule has 3 aromatic rings. The van der Waals surface area contributed by atoms with Gasteiger partial charge in [0.2, 0.25) is 0 Å². The SMILES string of the molecule is Cc1ccc(C(C)C)cc1CN1C(=O)[C@@](O)(CC(=O)c2cccnc2)c2cc(Br)ccc21. The fourth-order valence-electron chi connectivity index (χ4n) is 4.10. The molecule has 2 heterocycles. The Morgan fingerprint density at radius 3 is 2.66 bits per heavy atom. The van der Waals surface area contributed by atoms with Crippen molar-refractivity contribution in [2.75, 3.05) is 4.90 Å². The Hall–Kier alpha value is -2.83. The topological polar surface area (TPSA) is 70.5 Å². The highest BCUT2D eigenvalue weighted by Gasteiger charge is 2.51. The molecule has 1 aromatic heterocycles. The van der Waals surface area contributed by atoms with E-state index in [9.17, 15) is 14.7 Å². The summed E-state index contributed by atoms with van der Waals surface area (Å²) in [6.45, 7) is 6.60. The van der Waals surface area contributed by atoms with Crippen LogP contribution in [0.2, 0.25) is 0 Å². The molecule has 1 N–H and O–H groups in total. The molecule has 0 unspecified atom stereocenters. The zero-order chi connectivity index (χ0) is 23.0. The lowest BCUT2D eigenvalue weighted by atomic mass is 9.88. The van der Waals surface area contributed by atoms with Crippen molar-refractivity contribution < 1.29 is 14.7 Å². The highest BCUT2D eigenvalue weighted by molar-refractivity contribution is 9.10. The summed E-state index contributed by atoms with van der Waals surface area (Å²) >= 11 is 3.44. The van der Waals surface area contributed by atoms with E-state index in [1.165, 1.54) is 11.8 Å². The van der Waals surface area contributed by atoms with Crippen LogP contribution in [0.1, 0.15) is 58.8 Å². The molecule has 1 atom stereocenters. The zero-order valence-corrected chi connectivity index (χ0v) is 19.9. The van der Waals surface area contributed by atoms with E-state index in [1.807, 2.05) is 19.1 Å². The van der Waals surface area contributed by atoms with Gasteiger partial charge in [0.05, 0.1) is 18.7 Å². The lowest BCUT2D eigenvalue weighted by Crippen LogP contribution is -2.41. The number of aromatic nitrogens is 1. The number of carbonyl (C=O) groups is 2. The van der Waals surface area contributed by atoms with Crippen molar-refractivity contribution in [3.63, 3.8) is 0 Å². The van der Waals surface area contributed by atoms with E-state index in [1.54, 1.807) is 29.3 Å². The van der Waals surface area contributed by atoms with E-state index in [2.05, 4.69) is 53.0 Å². The number of rotatable bonds is 6. The molecule has 2 aromatic carbocycles. The van der Waals surface area contributed by atoms with Crippen LogP contribution in [0.3, 0.4) is 0 Å². The molecule has 0 bridgehead atoms. The predicted octanol–water partition coefficient (Wildman–Crippen LogP) is 5.28. The summed E-state index contributed by atoms with van der Waals surface area (Å²) < 4.78 is 0.733. The molecule has 1 aliphatic rings. The van der Waals surface area contributed by atoms with Crippen LogP contribution in [0.4, 0.5) is 5.69 Å². The van der Waals surface area contributed by atoms with Gasteiger partial charge in [-0.25, -0.2) is 0 Å². The summed E-state index contributed by atoms with van der Waals surface area (Å²) in [4.78, 5) is 32.1. The summed E-state index contributed by atoms with van der Waals surface area (Å²) in [6, 6.07) is 14.9. The molecule has 5 nitrogen and oxygen atoms in total. The van der Waals surface area contributed by atoms with Crippen molar-refractivity contribution in [1.29, 1.82) is 0 Å². The molecule has 4 rings (SSSR count). The van der Waals surface area contributed by atoms with Crippen LogP contribution in [-0.4, -0.2) is 21.8 Å². The minimum absolute atomic E-state index is 0.323. The number of anilines is 1. The molecule has 0 fully saturated rings. The molecule has 6 heteroatoms. The maximum Gasteiger partial charge on any atom is 0.264 e. The van der Waals surface area contributed by atoms with Crippen molar-refractivity contribution in [2.45, 2.75) is 45.3 Å². The van der Waals surface area contributed by atoms with E-state index in [4.69, 9.17) is 0 Å². The average Bonchev–Trinajstić information content (AvgIpc) is 2.97. The first kappa shape index (κ1) is 22.4. The number of aliphatic hydroxyl groups is 1. The lowest BCUT2D eigenvalue weighted by molar-refractivity contribution is -0.136. The van der Waals surface area contributed by atoms with Gasteiger partial charge in [0.25, 0.3) is 5.91 Å². The first-order chi connectivity index (χ1) is 15.2. The average molecular weight is 493 g/mol. The number of amides is 1. The third-order valence-corrected chi connectivity index (χ3v) is 6.56. The molecule has 32 heavy (non-hydrogen) atoms. The number of hydrogen-bond acceptors (Lipinski definition) is 4. The third-order valence-electron chi connectivity index (χ3n) is 6.06. The number of Topliss-reactive ketones (excluding diaryl/α,β-unsaturated/α-hetero) is 1. The second-order valence-electron chi connectivity index (χ2n) is 8.60. The Bertz CT molecular complexity index is 1190. The summed E-state index contributed by atoms with van der Waals surface area (Å²) in [5.74, 6) is -0.460. The summed E-state index contributed by atoms with van der Waals surface area (Å²) in [6.07, 6.45) is 2.68. The number of pyridine rings is 1.